The van der Waals surface area contributed by atoms with Crippen LogP contribution < -0.4 is 0 Å². The van der Waals surface area contributed by atoms with Crippen LogP contribution in [-0.2, 0) is 4.79 Å². The van der Waals surface area contributed by atoms with Gasteiger partial charge < -0.3 is 10.3 Å². The topological polar surface area (TPSA) is 69.9 Å². The molecule has 2 N–H and O–H groups in total. The van der Waals surface area contributed by atoms with Crippen molar-refractivity contribution in [1.82, 2.24) is 0 Å². The number of rotatable bonds is 0. The number of nitrogens with zero attached hydrogens (tertiary/aromatic N) is 1. The Morgan fingerprint density at radius 1 is 1.17 bits per heavy atom. The lowest BCUT2D eigenvalue weighted by atomic mass is 9.46. The summed E-state index contributed by atoms with van der Waals surface area (Å²) in [5.41, 5.74) is 1.96. The Bertz CT molecular complexity index is 610. The van der Waals surface area contributed by atoms with Gasteiger partial charge in [0.1, 0.15) is 0 Å². The summed E-state index contributed by atoms with van der Waals surface area (Å²) in [6.07, 6.45) is 7.62. The molecule has 0 aromatic carbocycles. The van der Waals surface area contributed by atoms with Crippen LogP contribution in [0.25, 0.3) is 0 Å². The lowest BCUT2D eigenvalue weighted by Crippen LogP contribution is -2.56. The molecular formula is C19H27NO3. The first-order chi connectivity index (χ1) is 10.9. The molecule has 4 heteroatoms. The van der Waals surface area contributed by atoms with Gasteiger partial charge in [-0.05, 0) is 67.8 Å². The fraction of sp³-hybridized carbons (Fsp3) is 0.789. The Morgan fingerprint density at radius 3 is 2.70 bits per heavy atom. The summed E-state index contributed by atoms with van der Waals surface area (Å²) < 4.78 is 0. The molecule has 4 aliphatic carbocycles. The largest absolute Gasteiger partial charge is 0.411 e. The van der Waals surface area contributed by atoms with E-state index in [9.17, 15) is 15.1 Å². The maximum Gasteiger partial charge on any atom is 0.155 e. The van der Waals surface area contributed by atoms with Crippen LogP contribution in [0.3, 0.4) is 0 Å². The smallest absolute Gasteiger partial charge is 0.155 e. The molecule has 0 heterocycles. The highest BCUT2D eigenvalue weighted by Gasteiger charge is 2.61. The van der Waals surface area contributed by atoms with E-state index in [2.05, 4.69) is 19.0 Å². The minimum absolute atomic E-state index is 0.0311. The van der Waals surface area contributed by atoms with Crippen molar-refractivity contribution < 1.29 is 15.1 Å². The number of oxime groups is 1. The number of ketones is 1. The van der Waals surface area contributed by atoms with E-state index in [4.69, 9.17) is 0 Å². The Balaban J connectivity index is 1.75. The molecule has 0 aliphatic heterocycles. The SMILES string of the molecule is C[C@]12CCC(=O)C=C1CC[C@@H]1[C@@H]2[C@@H](O)C[C@]2(C)C(=NO)CC[C@@H]12. The summed E-state index contributed by atoms with van der Waals surface area (Å²) in [5.74, 6) is 1.46. The van der Waals surface area contributed by atoms with E-state index < -0.39 is 0 Å². The molecule has 4 aliphatic rings. The predicted octanol–water partition coefficient (Wildman–Crippen LogP) is 3.32. The molecule has 3 saturated carbocycles. The summed E-state index contributed by atoms with van der Waals surface area (Å²) in [5, 5.41) is 24.0. The number of carbonyl (C=O) groups is 1. The van der Waals surface area contributed by atoms with Gasteiger partial charge in [-0.25, -0.2) is 0 Å². The maximum atomic E-state index is 11.8. The zero-order valence-corrected chi connectivity index (χ0v) is 14.1. The molecule has 23 heavy (non-hydrogen) atoms. The second kappa shape index (κ2) is 4.92. The average Bonchev–Trinajstić information content (AvgIpc) is 2.83. The molecule has 0 aromatic heterocycles. The quantitative estimate of drug-likeness (QED) is 0.532. The molecule has 4 rings (SSSR count). The van der Waals surface area contributed by atoms with Gasteiger partial charge in [-0.2, -0.15) is 0 Å². The van der Waals surface area contributed by atoms with E-state index in [1.807, 2.05) is 6.08 Å². The normalized spacial score (nSPS) is 51.0. The predicted molar refractivity (Wildman–Crippen MR) is 87.3 cm³/mol. The first-order valence-electron chi connectivity index (χ1n) is 9.03. The number of aliphatic hydroxyl groups excluding tert-OH is 1. The molecular weight excluding hydrogens is 290 g/mol. The minimum atomic E-state index is -0.377. The van der Waals surface area contributed by atoms with Crippen molar-refractivity contribution in [3.05, 3.63) is 11.6 Å². The Kier molecular flexibility index (Phi) is 3.29. The highest BCUT2D eigenvalue weighted by molar-refractivity contribution is 5.92. The summed E-state index contributed by atoms with van der Waals surface area (Å²) in [6.45, 7) is 4.45. The first kappa shape index (κ1) is 15.4. The van der Waals surface area contributed by atoms with Crippen LogP contribution >= 0.6 is 0 Å². The number of aliphatic hydroxyl groups is 1. The van der Waals surface area contributed by atoms with Gasteiger partial charge in [0.05, 0.1) is 11.8 Å². The van der Waals surface area contributed by atoms with E-state index in [1.165, 1.54) is 5.57 Å². The first-order valence-corrected chi connectivity index (χ1v) is 9.03. The van der Waals surface area contributed by atoms with E-state index in [1.54, 1.807) is 0 Å². The summed E-state index contributed by atoms with van der Waals surface area (Å²) in [7, 11) is 0. The van der Waals surface area contributed by atoms with Gasteiger partial charge in [0.15, 0.2) is 5.78 Å². The average molecular weight is 317 g/mol. The van der Waals surface area contributed by atoms with Crippen LogP contribution in [0.4, 0.5) is 0 Å². The third kappa shape index (κ3) is 1.93. The number of hydrogen-bond acceptors (Lipinski definition) is 4. The van der Waals surface area contributed by atoms with E-state index in [0.717, 1.165) is 37.8 Å². The van der Waals surface area contributed by atoms with Crippen molar-refractivity contribution in [3.8, 4) is 0 Å². The summed E-state index contributed by atoms with van der Waals surface area (Å²) in [4.78, 5) is 11.8. The third-order valence-corrected chi connectivity index (χ3v) is 7.76. The van der Waals surface area contributed by atoms with Crippen LogP contribution in [0, 0.1) is 28.6 Å². The molecule has 0 aromatic rings. The van der Waals surface area contributed by atoms with Gasteiger partial charge in [0.2, 0.25) is 0 Å². The lowest BCUT2D eigenvalue weighted by molar-refractivity contribution is -0.122. The van der Waals surface area contributed by atoms with Crippen LogP contribution in [0.5, 0.6) is 0 Å². The standard InChI is InChI=1S/C19H27NO3/c1-18-8-7-12(21)9-11(18)3-4-13-14-5-6-16(20-23)19(14,2)10-15(22)17(13)18/h9,13-15,17,22-23H,3-8,10H2,1-2H3/t13-,14-,15-,17+,18-,19-/m0/s1. The highest BCUT2D eigenvalue weighted by Crippen LogP contribution is 2.64. The second-order valence-electron chi connectivity index (χ2n) is 8.66. The number of carbonyl (C=O) groups excluding carboxylic acids is 1. The molecule has 4 nitrogen and oxygen atoms in total. The Hall–Kier alpha value is -1.16. The molecule has 0 saturated heterocycles. The third-order valence-electron chi connectivity index (χ3n) is 7.76. The number of allylic oxidation sites excluding steroid dienone is 1. The monoisotopic (exact) mass is 317 g/mol. The van der Waals surface area contributed by atoms with E-state index in [-0.39, 0.29) is 28.6 Å². The lowest BCUT2D eigenvalue weighted by Gasteiger charge is -2.58. The summed E-state index contributed by atoms with van der Waals surface area (Å²) in [6, 6.07) is 0. The van der Waals surface area contributed by atoms with Crippen LogP contribution in [0.1, 0.15) is 58.8 Å². The molecule has 0 amide bonds. The summed E-state index contributed by atoms with van der Waals surface area (Å²) >= 11 is 0. The zero-order chi connectivity index (χ0) is 16.4. The van der Waals surface area contributed by atoms with Gasteiger partial charge in [0.25, 0.3) is 0 Å². The number of hydrogen-bond donors (Lipinski definition) is 2. The maximum absolute atomic E-state index is 11.8. The van der Waals surface area contributed by atoms with Crippen LogP contribution in [-0.4, -0.2) is 27.9 Å². The van der Waals surface area contributed by atoms with Gasteiger partial charge in [-0.3, -0.25) is 4.79 Å². The van der Waals surface area contributed by atoms with Crippen LogP contribution in [0.15, 0.2) is 16.8 Å². The minimum Gasteiger partial charge on any atom is -0.411 e. The van der Waals surface area contributed by atoms with Crippen LogP contribution in [0.2, 0.25) is 0 Å². The van der Waals surface area contributed by atoms with Gasteiger partial charge in [-0.1, -0.05) is 24.6 Å². The van der Waals surface area contributed by atoms with Gasteiger partial charge in [0, 0.05) is 11.8 Å². The zero-order valence-electron chi connectivity index (χ0n) is 14.1. The van der Waals surface area contributed by atoms with Crippen molar-refractivity contribution in [2.24, 2.45) is 33.7 Å². The molecule has 0 spiro atoms. The van der Waals surface area contributed by atoms with Crippen molar-refractivity contribution in [2.75, 3.05) is 0 Å². The van der Waals surface area contributed by atoms with E-state index >= 15 is 0 Å². The number of fused-ring (bicyclic) bond motifs is 5. The molecule has 6 atom stereocenters. The molecule has 0 unspecified atom stereocenters. The van der Waals surface area contributed by atoms with E-state index in [0.29, 0.717) is 24.7 Å². The molecule has 0 radical (unpaired) electrons. The van der Waals surface area contributed by atoms with Gasteiger partial charge >= 0.3 is 0 Å². The van der Waals surface area contributed by atoms with Crippen molar-refractivity contribution in [2.45, 2.75) is 64.9 Å². The molecule has 3 fully saturated rings. The molecule has 126 valence electrons. The fourth-order valence-corrected chi connectivity index (χ4v) is 6.64. The Labute approximate surface area is 137 Å². The molecule has 0 bridgehead atoms. The van der Waals surface area contributed by atoms with Crippen molar-refractivity contribution in [1.29, 1.82) is 0 Å². The van der Waals surface area contributed by atoms with Crippen molar-refractivity contribution in [3.63, 3.8) is 0 Å². The second-order valence-corrected chi connectivity index (χ2v) is 8.66. The fourth-order valence-electron chi connectivity index (χ4n) is 6.64. The van der Waals surface area contributed by atoms with Crippen molar-refractivity contribution >= 4 is 11.5 Å². The van der Waals surface area contributed by atoms with Gasteiger partial charge in [-0.15, -0.1) is 0 Å². The highest BCUT2D eigenvalue weighted by atomic mass is 16.4. The Morgan fingerprint density at radius 2 is 1.96 bits per heavy atom.